The van der Waals surface area contributed by atoms with Crippen molar-refractivity contribution in [2.75, 3.05) is 44.7 Å². The van der Waals surface area contributed by atoms with Gasteiger partial charge in [-0.3, -0.25) is 25.3 Å². The molecule has 0 atom stereocenters. The molecule has 3 rings (SSSR count). The number of carbonyl (C=O) groups excluding carboxylic acids is 2. The van der Waals surface area contributed by atoms with Gasteiger partial charge in [-0.15, -0.1) is 0 Å². The summed E-state index contributed by atoms with van der Waals surface area (Å²) in [7, 11) is 1.65. The predicted molar refractivity (Wildman–Crippen MR) is 104 cm³/mol. The maximum absolute atomic E-state index is 12.1. The quantitative estimate of drug-likeness (QED) is 0.778. The number of methoxy groups -OCH3 is 1. The third-order valence-corrected chi connectivity index (χ3v) is 4.53. The number of ether oxygens (including phenoxy) is 1. The van der Waals surface area contributed by atoms with Crippen molar-refractivity contribution in [3.8, 4) is 5.75 Å². The monoisotopic (exact) mass is 368 g/mol. The van der Waals surface area contributed by atoms with Crippen LogP contribution in [0.2, 0.25) is 0 Å². The normalized spacial score (nSPS) is 14.5. The summed E-state index contributed by atoms with van der Waals surface area (Å²) < 4.78 is 5.18. The van der Waals surface area contributed by atoms with E-state index in [1.54, 1.807) is 31.4 Å². The number of hydrogen-bond acceptors (Lipinski definition) is 5. The smallest absolute Gasteiger partial charge is 0.269 e. The number of carbonyl (C=O) groups is 2. The molecule has 0 saturated carbocycles. The van der Waals surface area contributed by atoms with Gasteiger partial charge in [0.25, 0.3) is 11.8 Å². The van der Waals surface area contributed by atoms with E-state index < -0.39 is 0 Å². The minimum atomic E-state index is -0.326. The second kappa shape index (κ2) is 9.05. The molecule has 0 radical (unpaired) electrons. The van der Waals surface area contributed by atoms with Crippen LogP contribution in [0.25, 0.3) is 0 Å². The highest BCUT2D eigenvalue weighted by atomic mass is 16.5. The van der Waals surface area contributed by atoms with Gasteiger partial charge in [0.2, 0.25) is 0 Å². The Morgan fingerprint density at radius 1 is 0.926 bits per heavy atom. The van der Waals surface area contributed by atoms with Crippen molar-refractivity contribution < 1.29 is 14.3 Å². The molecule has 1 aliphatic rings. The zero-order valence-corrected chi connectivity index (χ0v) is 15.4. The molecular formula is C20H24N4O3. The number of amides is 2. The predicted octanol–water partition coefficient (Wildman–Crippen LogP) is 1.28. The highest BCUT2D eigenvalue weighted by Gasteiger charge is 2.19. The molecule has 0 spiro atoms. The Balaban J connectivity index is 1.40. The summed E-state index contributed by atoms with van der Waals surface area (Å²) in [5.41, 5.74) is 6.58. The molecule has 142 valence electrons. The third kappa shape index (κ3) is 5.21. The Kier molecular flexibility index (Phi) is 6.27. The van der Waals surface area contributed by atoms with Crippen LogP contribution < -0.4 is 20.5 Å². The fraction of sp³-hybridized carbons (Fsp3) is 0.300. The van der Waals surface area contributed by atoms with Crippen LogP contribution >= 0.6 is 0 Å². The van der Waals surface area contributed by atoms with E-state index in [2.05, 4.69) is 20.7 Å². The van der Waals surface area contributed by atoms with Crippen LogP contribution in [0, 0.1) is 0 Å². The molecule has 27 heavy (non-hydrogen) atoms. The van der Waals surface area contributed by atoms with Gasteiger partial charge < -0.3 is 9.64 Å². The molecule has 0 unspecified atom stereocenters. The number of hydrogen-bond donors (Lipinski definition) is 2. The van der Waals surface area contributed by atoms with Gasteiger partial charge in [0.05, 0.1) is 13.7 Å². The molecule has 7 heteroatoms. The first-order valence-corrected chi connectivity index (χ1v) is 8.91. The number of benzene rings is 2. The highest BCUT2D eigenvalue weighted by molar-refractivity contribution is 5.95. The van der Waals surface area contributed by atoms with Crippen molar-refractivity contribution in [1.82, 2.24) is 15.8 Å². The van der Waals surface area contributed by atoms with Crippen molar-refractivity contribution in [1.29, 1.82) is 0 Å². The minimum absolute atomic E-state index is 0.225. The van der Waals surface area contributed by atoms with Crippen LogP contribution in [0.4, 0.5) is 5.69 Å². The van der Waals surface area contributed by atoms with Crippen LogP contribution in [0.5, 0.6) is 5.75 Å². The Morgan fingerprint density at radius 2 is 1.59 bits per heavy atom. The lowest BCUT2D eigenvalue weighted by molar-refractivity contribution is -0.123. The van der Waals surface area contributed by atoms with Crippen LogP contribution in [0.3, 0.4) is 0 Å². The molecule has 1 heterocycles. The number of hydrazine groups is 1. The summed E-state index contributed by atoms with van der Waals surface area (Å²) >= 11 is 0. The molecule has 0 bridgehead atoms. The Labute approximate surface area is 158 Å². The largest absolute Gasteiger partial charge is 0.497 e. The van der Waals surface area contributed by atoms with Crippen LogP contribution in [-0.4, -0.2) is 56.5 Å². The summed E-state index contributed by atoms with van der Waals surface area (Å²) in [6, 6.07) is 16.8. The second-order valence-corrected chi connectivity index (χ2v) is 6.33. The van der Waals surface area contributed by atoms with Crippen molar-refractivity contribution in [3.63, 3.8) is 0 Å². The fourth-order valence-electron chi connectivity index (χ4n) is 2.99. The summed E-state index contributed by atoms with van der Waals surface area (Å²) in [4.78, 5) is 28.4. The lowest BCUT2D eigenvalue weighted by Crippen LogP contribution is -2.51. The minimum Gasteiger partial charge on any atom is -0.497 e. The first-order chi connectivity index (χ1) is 13.2. The zero-order chi connectivity index (χ0) is 19.1. The Morgan fingerprint density at radius 3 is 2.22 bits per heavy atom. The highest BCUT2D eigenvalue weighted by Crippen LogP contribution is 2.20. The molecule has 1 fully saturated rings. The average molecular weight is 368 g/mol. The standard InChI is InChI=1S/C20H24N4O3/c1-27-18-9-7-17(8-10-18)24-13-11-23(12-14-24)15-19(25)21-22-20(26)16-5-3-2-4-6-16/h2-10H,11-15H2,1H3,(H,21,25)(H,22,26). The fourth-order valence-corrected chi connectivity index (χ4v) is 2.99. The molecule has 1 aliphatic heterocycles. The number of piperazine rings is 1. The zero-order valence-electron chi connectivity index (χ0n) is 15.4. The van der Waals surface area contributed by atoms with Gasteiger partial charge in [0.15, 0.2) is 0 Å². The van der Waals surface area contributed by atoms with Crippen LogP contribution in [0.15, 0.2) is 54.6 Å². The van der Waals surface area contributed by atoms with E-state index in [1.807, 2.05) is 30.3 Å². The van der Waals surface area contributed by atoms with Crippen molar-refractivity contribution >= 4 is 17.5 Å². The summed E-state index contributed by atoms with van der Waals surface area (Å²) in [5.74, 6) is 0.289. The second-order valence-electron chi connectivity index (χ2n) is 6.33. The lowest BCUT2D eigenvalue weighted by atomic mass is 10.2. The molecule has 2 aromatic carbocycles. The van der Waals surface area contributed by atoms with Crippen LogP contribution in [-0.2, 0) is 4.79 Å². The summed E-state index contributed by atoms with van der Waals surface area (Å²) in [6.07, 6.45) is 0. The van der Waals surface area contributed by atoms with Crippen molar-refractivity contribution in [2.45, 2.75) is 0 Å². The van der Waals surface area contributed by atoms with Gasteiger partial charge in [-0.25, -0.2) is 0 Å². The van der Waals surface area contributed by atoms with E-state index in [1.165, 1.54) is 0 Å². The molecule has 2 N–H and O–H groups in total. The average Bonchev–Trinajstić information content (AvgIpc) is 2.73. The van der Waals surface area contributed by atoms with E-state index in [9.17, 15) is 9.59 Å². The maximum atomic E-state index is 12.1. The van der Waals surface area contributed by atoms with Gasteiger partial charge in [0.1, 0.15) is 5.75 Å². The lowest BCUT2D eigenvalue weighted by Gasteiger charge is -2.35. The number of nitrogens with one attached hydrogen (secondary N) is 2. The molecule has 7 nitrogen and oxygen atoms in total. The Hall–Kier alpha value is -3.06. The van der Waals surface area contributed by atoms with E-state index in [-0.39, 0.29) is 18.4 Å². The van der Waals surface area contributed by atoms with Crippen molar-refractivity contribution in [2.24, 2.45) is 0 Å². The molecule has 2 aromatic rings. The first kappa shape index (κ1) is 18.7. The third-order valence-electron chi connectivity index (χ3n) is 4.53. The molecule has 0 aromatic heterocycles. The van der Waals surface area contributed by atoms with E-state index >= 15 is 0 Å². The van der Waals surface area contributed by atoms with Gasteiger partial charge in [-0.05, 0) is 36.4 Å². The molecule has 2 amide bonds. The summed E-state index contributed by atoms with van der Waals surface area (Å²) in [5, 5.41) is 0. The van der Waals surface area contributed by atoms with Gasteiger partial charge in [0, 0.05) is 37.4 Å². The molecular weight excluding hydrogens is 344 g/mol. The van der Waals surface area contributed by atoms with Gasteiger partial charge in [-0.2, -0.15) is 0 Å². The van der Waals surface area contributed by atoms with Crippen molar-refractivity contribution in [3.05, 3.63) is 60.2 Å². The van der Waals surface area contributed by atoms with E-state index in [4.69, 9.17) is 4.74 Å². The van der Waals surface area contributed by atoms with Crippen LogP contribution in [0.1, 0.15) is 10.4 Å². The number of anilines is 1. The van der Waals surface area contributed by atoms with Gasteiger partial charge in [-0.1, -0.05) is 18.2 Å². The molecule has 1 saturated heterocycles. The van der Waals surface area contributed by atoms with E-state index in [0.717, 1.165) is 37.6 Å². The number of rotatable bonds is 5. The SMILES string of the molecule is COc1ccc(N2CCN(CC(=O)NNC(=O)c3ccccc3)CC2)cc1. The maximum Gasteiger partial charge on any atom is 0.269 e. The topological polar surface area (TPSA) is 73.9 Å². The van der Waals surface area contributed by atoms with Gasteiger partial charge >= 0.3 is 0 Å². The summed E-state index contributed by atoms with van der Waals surface area (Å²) in [6.45, 7) is 3.51. The first-order valence-electron chi connectivity index (χ1n) is 8.91. The number of nitrogens with zero attached hydrogens (tertiary/aromatic N) is 2. The van der Waals surface area contributed by atoms with E-state index in [0.29, 0.717) is 5.56 Å². The molecule has 0 aliphatic carbocycles. The Bertz CT molecular complexity index is 757.